The Labute approximate surface area is 115 Å². The lowest BCUT2D eigenvalue weighted by molar-refractivity contribution is 0.112. The fraction of sp³-hybridized carbons (Fsp3) is 0.600. The molecular formula is C15H23ClN2. The highest BCUT2D eigenvalue weighted by atomic mass is 35.5. The molecule has 2 N–H and O–H groups in total. The molecule has 1 heterocycles. The quantitative estimate of drug-likeness (QED) is 0.908. The average molecular weight is 267 g/mol. The molecule has 0 unspecified atom stereocenters. The molecule has 0 aromatic heterocycles. The molecule has 0 bridgehead atoms. The van der Waals surface area contributed by atoms with Gasteiger partial charge in [0.15, 0.2) is 0 Å². The first-order valence-electron chi connectivity index (χ1n) is 6.70. The highest BCUT2D eigenvalue weighted by molar-refractivity contribution is 6.31. The molecule has 1 fully saturated rings. The second-order valence-corrected chi connectivity index (χ2v) is 6.52. The zero-order valence-corrected chi connectivity index (χ0v) is 12.1. The lowest BCUT2D eigenvalue weighted by atomic mass is 9.84. The van der Waals surface area contributed by atoms with Crippen molar-refractivity contribution in [3.63, 3.8) is 0 Å². The van der Waals surface area contributed by atoms with E-state index in [4.69, 9.17) is 17.3 Å². The maximum atomic E-state index is 6.32. The van der Waals surface area contributed by atoms with Crippen molar-refractivity contribution in [2.75, 3.05) is 13.1 Å². The molecule has 0 spiro atoms. The van der Waals surface area contributed by atoms with Crippen molar-refractivity contribution in [1.82, 2.24) is 4.90 Å². The zero-order chi connectivity index (χ0) is 13.2. The Hall–Kier alpha value is -0.570. The van der Waals surface area contributed by atoms with Crippen LogP contribution in [0, 0.1) is 5.41 Å². The molecule has 1 saturated heterocycles. The van der Waals surface area contributed by atoms with Gasteiger partial charge in [0.1, 0.15) is 0 Å². The standard InChI is InChI=1S/C15H23ClN2/c1-15(2)6-3-7-18(11-15)10-13-5-4-12(9-17)8-14(13)16/h4-5,8H,3,6-7,9-11,17H2,1-2H3. The van der Waals surface area contributed by atoms with Gasteiger partial charge in [0.05, 0.1) is 0 Å². The highest BCUT2D eigenvalue weighted by Gasteiger charge is 2.26. The topological polar surface area (TPSA) is 29.3 Å². The minimum absolute atomic E-state index is 0.432. The smallest absolute Gasteiger partial charge is 0.0454 e. The van der Waals surface area contributed by atoms with Gasteiger partial charge in [0.25, 0.3) is 0 Å². The third-order valence-electron chi connectivity index (χ3n) is 3.73. The molecule has 0 amide bonds. The number of rotatable bonds is 3. The van der Waals surface area contributed by atoms with Crippen LogP contribution in [0.2, 0.25) is 5.02 Å². The molecule has 0 radical (unpaired) electrons. The van der Waals surface area contributed by atoms with Gasteiger partial charge in [0.2, 0.25) is 0 Å². The monoisotopic (exact) mass is 266 g/mol. The Morgan fingerprint density at radius 1 is 1.39 bits per heavy atom. The fourth-order valence-electron chi connectivity index (χ4n) is 2.77. The summed E-state index contributed by atoms with van der Waals surface area (Å²) >= 11 is 6.32. The van der Waals surface area contributed by atoms with Crippen LogP contribution in [0.5, 0.6) is 0 Å². The number of hydrogen-bond donors (Lipinski definition) is 1. The number of nitrogens with two attached hydrogens (primary N) is 1. The van der Waals surface area contributed by atoms with E-state index in [-0.39, 0.29) is 0 Å². The third-order valence-corrected chi connectivity index (χ3v) is 4.08. The van der Waals surface area contributed by atoms with E-state index in [0.29, 0.717) is 12.0 Å². The summed E-state index contributed by atoms with van der Waals surface area (Å²) in [5.74, 6) is 0. The lowest BCUT2D eigenvalue weighted by Crippen LogP contribution is -2.39. The van der Waals surface area contributed by atoms with E-state index in [2.05, 4.69) is 30.9 Å². The van der Waals surface area contributed by atoms with Crippen molar-refractivity contribution in [3.8, 4) is 0 Å². The first-order valence-corrected chi connectivity index (χ1v) is 7.08. The molecule has 2 nitrogen and oxygen atoms in total. The van der Waals surface area contributed by atoms with Crippen molar-refractivity contribution in [1.29, 1.82) is 0 Å². The Bertz CT molecular complexity index is 415. The molecule has 1 aromatic carbocycles. The molecule has 1 aromatic rings. The summed E-state index contributed by atoms with van der Waals surface area (Å²) in [7, 11) is 0. The lowest BCUT2D eigenvalue weighted by Gasteiger charge is -2.38. The largest absolute Gasteiger partial charge is 0.326 e. The van der Waals surface area contributed by atoms with Crippen LogP contribution < -0.4 is 5.73 Å². The molecule has 1 aliphatic heterocycles. The number of piperidine rings is 1. The van der Waals surface area contributed by atoms with Crippen LogP contribution in [0.15, 0.2) is 18.2 Å². The first kappa shape index (κ1) is 13.9. The van der Waals surface area contributed by atoms with Crippen molar-refractivity contribution < 1.29 is 0 Å². The zero-order valence-electron chi connectivity index (χ0n) is 11.4. The van der Waals surface area contributed by atoms with Crippen molar-refractivity contribution in [3.05, 3.63) is 34.3 Å². The summed E-state index contributed by atoms with van der Waals surface area (Å²) in [6.45, 7) is 8.53. The van der Waals surface area contributed by atoms with E-state index in [1.165, 1.54) is 24.9 Å². The number of benzene rings is 1. The normalized spacial score (nSPS) is 20.0. The van der Waals surface area contributed by atoms with Crippen molar-refractivity contribution in [2.45, 2.75) is 39.8 Å². The van der Waals surface area contributed by atoms with Crippen LogP contribution in [0.4, 0.5) is 0 Å². The van der Waals surface area contributed by atoms with Crippen molar-refractivity contribution in [2.24, 2.45) is 11.1 Å². The van der Waals surface area contributed by atoms with E-state index in [9.17, 15) is 0 Å². The minimum Gasteiger partial charge on any atom is -0.326 e. The summed E-state index contributed by atoms with van der Waals surface area (Å²) in [5, 5.41) is 0.848. The maximum absolute atomic E-state index is 6.32. The van der Waals surface area contributed by atoms with E-state index in [1.807, 2.05) is 6.07 Å². The summed E-state index contributed by atoms with van der Waals surface area (Å²) < 4.78 is 0. The van der Waals surface area contributed by atoms with E-state index < -0.39 is 0 Å². The molecule has 3 heteroatoms. The number of halogens is 1. The van der Waals surface area contributed by atoms with Crippen LogP contribution in [0.3, 0.4) is 0 Å². The van der Waals surface area contributed by atoms with Gasteiger partial charge in [-0.1, -0.05) is 37.6 Å². The Morgan fingerprint density at radius 3 is 2.78 bits per heavy atom. The summed E-state index contributed by atoms with van der Waals surface area (Å²) in [4.78, 5) is 2.51. The molecule has 18 heavy (non-hydrogen) atoms. The van der Waals surface area contributed by atoms with Gasteiger partial charge < -0.3 is 5.73 Å². The molecule has 2 rings (SSSR count). The number of hydrogen-bond acceptors (Lipinski definition) is 2. The van der Waals surface area contributed by atoms with Crippen LogP contribution >= 0.6 is 11.6 Å². The van der Waals surface area contributed by atoms with Gasteiger partial charge in [-0.05, 0) is 42.0 Å². The van der Waals surface area contributed by atoms with Crippen LogP contribution in [-0.2, 0) is 13.1 Å². The van der Waals surface area contributed by atoms with Gasteiger partial charge in [-0.3, -0.25) is 4.90 Å². The van der Waals surface area contributed by atoms with Gasteiger partial charge in [-0.15, -0.1) is 0 Å². The minimum atomic E-state index is 0.432. The van der Waals surface area contributed by atoms with Gasteiger partial charge >= 0.3 is 0 Å². The fourth-order valence-corrected chi connectivity index (χ4v) is 3.03. The SMILES string of the molecule is CC1(C)CCCN(Cc2ccc(CN)cc2Cl)C1. The Morgan fingerprint density at radius 2 is 2.17 bits per heavy atom. The first-order chi connectivity index (χ1) is 8.50. The Kier molecular flexibility index (Phi) is 4.31. The van der Waals surface area contributed by atoms with E-state index in [0.717, 1.165) is 23.7 Å². The molecular weight excluding hydrogens is 244 g/mol. The summed E-state index contributed by atoms with van der Waals surface area (Å²) in [6, 6.07) is 6.19. The summed E-state index contributed by atoms with van der Waals surface area (Å²) in [5.41, 5.74) is 8.37. The molecule has 0 aliphatic carbocycles. The number of likely N-dealkylation sites (tertiary alicyclic amines) is 1. The van der Waals surface area contributed by atoms with Crippen molar-refractivity contribution >= 4 is 11.6 Å². The third kappa shape index (κ3) is 3.47. The van der Waals surface area contributed by atoms with Gasteiger partial charge in [-0.2, -0.15) is 0 Å². The predicted octanol–water partition coefficient (Wildman–Crippen LogP) is 3.42. The Balaban J connectivity index is 2.05. The van der Waals surface area contributed by atoms with Crippen LogP contribution in [0.1, 0.15) is 37.8 Å². The van der Waals surface area contributed by atoms with Crippen LogP contribution in [-0.4, -0.2) is 18.0 Å². The van der Waals surface area contributed by atoms with Crippen LogP contribution in [0.25, 0.3) is 0 Å². The second-order valence-electron chi connectivity index (χ2n) is 6.11. The van der Waals surface area contributed by atoms with E-state index in [1.54, 1.807) is 0 Å². The molecule has 0 atom stereocenters. The predicted molar refractivity (Wildman–Crippen MR) is 77.6 cm³/mol. The van der Waals surface area contributed by atoms with Gasteiger partial charge in [-0.25, -0.2) is 0 Å². The average Bonchev–Trinajstić information content (AvgIpc) is 2.30. The van der Waals surface area contributed by atoms with E-state index >= 15 is 0 Å². The second kappa shape index (κ2) is 5.60. The maximum Gasteiger partial charge on any atom is 0.0454 e. The highest BCUT2D eigenvalue weighted by Crippen LogP contribution is 2.30. The van der Waals surface area contributed by atoms with Gasteiger partial charge in [0, 0.05) is 24.7 Å². The molecule has 100 valence electrons. The molecule has 0 saturated carbocycles. The molecule has 1 aliphatic rings. The summed E-state index contributed by atoms with van der Waals surface area (Å²) in [6.07, 6.45) is 2.61. The number of nitrogens with zero attached hydrogens (tertiary/aromatic N) is 1.